The topological polar surface area (TPSA) is 97.2 Å². The number of hydrogen-bond donors (Lipinski definition) is 2. The van der Waals surface area contributed by atoms with Crippen molar-refractivity contribution in [1.82, 2.24) is 15.6 Å². The summed E-state index contributed by atoms with van der Waals surface area (Å²) in [5.41, 5.74) is 0.952. The minimum absolute atomic E-state index is 0. The molecule has 0 saturated carbocycles. The van der Waals surface area contributed by atoms with Gasteiger partial charge in [-0.3, -0.25) is 14.9 Å². The number of non-ortho nitro benzene ring substituents is 1. The number of benzene rings is 1. The van der Waals surface area contributed by atoms with Crippen LogP contribution in [0.5, 0.6) is 0 Å². The van der Waals surface area contributed by atoms with Gasteiger partial charge in [-0.2, -0.15) is 0 Å². The summed E-state index contributed by atoms with van der Waals surface area (Å²) >= 11 is 1.29. The average molecular weight is 371 g/mol. The molecular weight excluding hydrogens is 352 g/mol. The molecular formula is C15H19ClN4O3S. The average Bonchev–Trinajstić information content (AvgIpc) is 3.03. The van der Waals surface area contributed by atoms with Crippen molar-refractivity contribution in [3.8, 4) is 10.6 Å². The molecule has 2 N–H and O–H groups in total. The van der Waals surface area contributed by atoms with Gasteiger partial charge in [0, 0.05) is 35.7 Å². The molecule has 130 valence electrons. The molecule has 9 heteroatoms. The number of carbonyl (C=O) groups is 1. The summed E-state index contributed by atoms with van der Waals surface area (Å²) in [4.78, 5) is 26.7. The van der Waals surface area contributed by atoms with E-state index in [-0.39, 0.29) is 30.0 Å². The molecule has 0 aliphatic carbocycles. The molecule has 0 spiro atoms. The number of halogens is 1. The molecule has 2 aromatic rings. The number of likely N-dealkylation sites (N-methyl/N-ethyl adjacent to an activating group) is 1. The van der Waals surface area contributed by atoms with E-state index in [4.69, 9.17) is 0 Å². The third-order valence-electron chi connectivity index (χ3n) is 3.16. The first-order valence-electron chi connectivity index (χ1n) is 7.23. The van der Waals surface area contributed by atoms with Crippen LogP contribution in [0.25, 0.3) is 10.6 Å². The van der Waals surface area contributed by atoms with Gasteiger partial charge in [-0.1, -0.05) is 19.1 Å². The summed E-state index contributed by atoms with van der Waals surface area (Å²) in [6, 6.07) is 6.40. The maximum Gasteiger partial charge on any atom is 0.270 e. The number of nitro benzene ring substituents is 1. The largest absolute Gasteiger partial charge is 0.349 e. The van der Waals surface area contributed by atoms with Gasteiger partial charge >= 0.3 is 0 Å². The molecule has 1 aromatic carbocycles. The van der Waals surface area contributed by atoms with Crippen molar-refractivity contribution in [2.24, 2.45) is 0 Å². The molecule has 0 aliphatic rings. The van der Waals surface area contributed by atoms with E-state index in [0.29, 0.717) is 22.8 Å². The Hall–Kier alpha value is -2.03. The van der Waals surface area contributed by atoms with Crippen LogP contribution >= 0.6 is 23.7 Å². The first kappa shape index (κ1) is 20.0. The highest BCUT2D eigenvalue weighted by atomic mass is 35.5. The fourth-order valence-corrected chi connectivity index (χ4v) is 2.82. The Morgan fingerprint density at radius 1 is 1.46 bits per heavy atom. The van der Waals surface area contributed by atoms with Gasteiger partial charge in [-0.15, -0.1) is 23.7 Å². The highest BCUT2D eigenvalue weighted by Crippen LogP contribution is 2.26. The molecule has 1 heterocycles. The van der Waals surface area contributed by atoms with Gasteiger partial charge in [-0.25, -0.2) is 4.98 Å². The second-order valence-corrected chi connectivity index (χ2v) is 5.87. The number of rotatable bonds is 7. The zero-order valence-corrected chi connectivity index (χ0v) is 14.9. The number of nitrogens with one attached hydrogen (secondary N) is 2. The molecule has 0 radical (unpaired) electrons. The summed E-state index contributed by atoms with van der Waals surface area (Å²) in [6.45, 7) is 5.34. The minimum Gasteiger partial charge on any atom is -0.349 e. The van der Waals surface area contributed by atoms with E-state index in [2.05, 4.69) is 15.6 Å². The van der Waals surface area contributed by atoms with Gasteiger partial charge in [0.1, 0.15) is 10.7 Å². The summed E-state index contributed by atoms with van der Waals surface area (Å²) in [7, 11) is 0. The van der Waals surface area contributed by atoms with Crippen LogP contribution in [0.3, 0.4) is 0 Å². The molecule has 24 heavy (non-hydrogen) atoms. The number of aromatic nitrogens is 1. The molecule has 1 atom stereocenters. The normalized spacial score (nSPS) is 11.4. The molecule has 2 rings (SSSR count). The molecule has 0 fully saturated rings. The standard InChI is InChI=1S/C15H18N4O3S.ClH/c1-3-16-10(2)8-17-14(20)13-9-23-15(18-13)11-5-4-6-12(7-11)19(21)22;/h4-7,9-10,16H,3,8H2,1-2H3,(H,17,20);1H/t10-;/m1./s1. The molecule has 7 nitrogen and oxygen atoms in total. The third-order valence-corrected chi connectivity index (χ3v) is 4.05. The smallest absolute Gasteiger partial charge is 0.270 e. The lowest BCUT2D eigenvalue weighted by Crippen LogP contribution is -2.38. The molecule has 0 saturated heterocycles. The zero-order valence-electron chi connectivity index (χ0n) is 13.3. The predicted octanol–water partition coefficient (Wildman–Crippen LogP) is 2.87. The predicted molar refractivity (Wildman–Crippen MR) is 96.9 cm³/mol. The summed E-state index contributed by atoms with van der Waals surface area (Å²) in [6.07, 6.45) is 0. The van der Waals surface area contributed by atoms with Crippen molar-refractivity contribution in [2.45, 2.75) is 19.9 Å². The van der Waals surface area contributed by atoms with E-state index < -0.39 is 4.92 Å². The van der Waals surface area contributed by atoms with Gasteiger partial charge in [-0.05, 0) is 13.5 Å². The Morgan fingerprint density at radius 2 is 2.21 bits per heavy atom. The molecule has 0 aliphatic heterocycles. The molecule has 0 unspecified atom stereocenters. The van der Waals surface area contributed by atoms with Crippen LogP contribution in [-0.4, -0.2) is 34.9 Å². The van der Waals surface area contributed by atoms with Gasteiger partial charge in [0.15, 0.2) is 0 Å². The Labute approximate surface area is 150 Å². The number of nitrogens with zero attached hydrogens (tertiary/aromatic N) is 2. The molecule has 1 amide bonds. The lowest BCUT2D eigenvalue weighted by molar-refractivity contribution is -0.384. The van der Waals surface area contributed by atoms with E-state index >= 15 is 0 Å². The Morgan fingerprint density at radius 3 is 2.88 bits per heavy atom. The van der Waals surface area contributed by atoms with Crippen LogP contribution in [0.1, 0.15) is 24.3 Å². The fourth-order valence-electron chi connectivity index (χ4n) is 2.02. The van der Waals surface area contributed by atoms with E-state index in [1.54, 1.807) is 17.5 Å². The van der Waals surface area contributed by atoms with Crippen molar-refractivity contribution in [2.75, 3.05) is 13.1 Å². The van der Waals surface area contributed by atoms with Gasteiger partial charge in [0.2, 0.25) is 0 Å². The number of hydrogen-bond acceptors (Lipinski definition) is 6. The lowest BCUT2D eigenvalue weighted by atomic mass is 10.2. The van der Waals surface area contributed by atoms with Crippen molar-refractivity contribution in [1.29, 1.82) is 0 Å². The van der Waals surface area contributed by atoms with Crippen LogP contribution < -0.4 is 10.6 Å². The summed E-state index contributed by atoms with van der Waals surface area (Å²) in [5.74, 6) is -0.248. The number of amides is 1. The number of thiazole rings is 1. The summed E-state index contributed by atoms with van der Waals surface area (Å²) < 4.78 is 0. The molecule has 1 aromatic heterocycles. The summed E-state index contributed by atoms with van der Waals surface area (Å²) in [5, 5.41) is 19.1. The quantitative estimate of drug-likeness (QED) is 0.577. The monoisotopic (exact) mass is 370 g/mol. The number of carbonyl (C=O) groups excluding carboxylic acids is 1. The van der Waals surface area contributed by atoms with Crippen LogP contribution in [0.4, 0.5) is 5.69 Å². The van der Waals surface area contributed by atoms with E-state index in [9.17, 15) is 14.9 Å². The van der Waals surface area contributed by atoms with Crippen LogP contribution in [0.15, 0.2) is 29.6 Å². The second kappa shape index (κ2) is 9.31. The minimum atomic E-state index is -0.452. The maximum absolute atomic E-state index is 12.1. The van der Waals surface area contributed by atoms with E-state index in [1.807, 2.05) is 13.8 Å². The van der Waals surface area contributed by atoms with Gasteiger partial charge in [0.05, 0.1) is 4.92 Å². The van der Waals surface area contributed by atoms with Crippen molar-refractivity contribution in [3.63, 3.8) is 0 Å². The highest BCUT2D eigenvalue weighted by molar-refractivity contribution is 7.13. The number of nitro groups is 1. The zero-order chi connectivity index (χ0) is 16.8. The van der Waals surface area contributed by atoms with Gasteiger partial charge in [0.25, 0.3) is 11.6 Å². The Balaban J connectivity index is 0.00000288. The molecule has 0 bridgehead atoms. The Bertz CT molecular complexity index is 708. The van der Waals surface area contributed by atoms with Crippen molar-refractivity contribution in [3.05, 3.63) is 45.5 Å². The third kappa shape index (κ3) is 5.26. The van der Waals surface area contributed by atoms with E-state index in [1.165, 1.54) is 23.5 Å². The maximum atomic E-state index is 12.1. The van der Waals surface area contributed by atoms with Crippen LogP contribution in [-0.2, 0) is 0 Å². The van der Waals surface area contributed by atoms with Gasteiger partial charge < -0.3 is 10.6 Å². The second-order valence-electron chi connectivity index (χ2n) is 5.01. The van der Waals surface area contributed by atoms with Crippen molar-refractivity contribution < 1.29 is 9.72 Å². The fraction of sp³-hybridized carbons (Fsp3) is 0.333. The highest BCUT2D eigenvalue weighted by Gasteiger charge is 2.14. The van der Waals surface area contributed by atoms with E-state index in [0.717, 1.165) is 6.54 Å². The lowest BCUT2D eigenvalue weighted by Gasteiger charge is -2.12. The van der Waals surface area contributed by atoms with Crippen molar-refractivity contribution >= 4 is 35.3 Å². The van der Waals surface area contributed by atoms with Crippen LogP contribution in [0.2, 0.25) is 0 Å². The first-order chi connectivity index (χ1) is 11.0. The SMILES string of the molecule is CCN[C@H](C)CNC(=O)c1csc(-c2cccc([N+](=O)[O-])c2)n1.Cl. The Kier molecular flexibility index (Phi) is 7.76. The first-order valence-corrected chi connectivity index (χ1v) is 8.11. The van der Waals surface area contributed by atoms with Crippen LogP contribution in [0, 0.1) is 10.1 Å².